The van der Waals surface area contributed by atoms with Crippen molar-refractivity contribution in [1.29, 1.82) is 0 Å². The summed E-state index contributed by atoms with van der Waals surface area (Å²) in [4.78, 5) is 0. The van der Waals surface area contributed by atoms with Gasteiger partial charge in [0.15, 0.2) is 0 Å². The molecule has 0 fully saturated rings. The molecular formula is C26H13AsF34O. The van der Waals surface area contributed by atoms with Crippen molar-refractivity contribution in [3.8, 4) is 0 Å². The van der Waals surface area contributed by atoms with Crippen molar-refractivity contribution < 1.29 is 153 Å². The Morgan fingerprint density at radius 1 is 0.290 bits per heavy atom. The molecule has 0 N–H and O–H groups in total. The van der Waals surface area contributed by atoms with Crippen LogP contribution in [0.3, 0.4) is 0 Å². The molecule has 1 rings (SSSR count). The first kappa shape index (κ1) is 57.2. The molecule has 0 atom stereocenters. The fourth-order valence-electron chi connectivity index (χ4n) is 4.42. The van der Waals surface area contributed by atoms with E-state index in [4.69, 9.17) is 0 Å². The van der Waals surface area contributed by atoms with Crippen LogP contribution in [0, 0.1) is 0 Å². The van der Waals surface area contributed by atoms with Gasteiger partial charge in [-0.2, -0.15) is 0 Å². The summed E-state index contributed by atoms with van der Waals surface area (Å²) < 4.78 is 474. The summed E-state index contributed by atoms with van der Waals surface area (Å²) in [5, 5.41) is -5.90. The van der Waals surface area contributed by atoms with Gasteiger partial charge in [-0.3, -0.25) is 0 Å². The second-order valence-corrected chi connectivity index (χ2v) is 19.2. The van der Waals surface area contributed by atoms with Gasteiger partial charge in [0.2, 0.25) is 0 Å². The molecule has 36 heteroatoms. The Morgan fingerprint density at radius 3 is 0.694 bits per heavy atom. The van der Waals surface area contributed by atoms with Crippen LogP contribution in [0.25, 0.3) is 0 Å². The van der Waals surface area contributed by atoms with E-state index in [9.17, 15) is 153 Å². The summed E-state index contributed by atoms with van der Waals surface area (Å²) in [6.07, 6.45) is -23.8. The maximum absolute atomic E-state index is 14.6. The predicted octanol–water partition coefficient (Wildman–Crippen LogP) is 13.1. The van der Waals surface area contributed by atoms with E-state index >= 15 is 0 Å². The molecule has 0 aliphatic heterocycles. The molecule has 62 heavy (non-hydrogen) atoms. The maximum atomic E-state index is 14.6. The molecule has 0 aliphatic carbocycles. The van der Waals surface area contributed by atoms with Crippen LogP contribution in [0.2, 0.25) is 10.4 Å². The van der Waals surface area contributed by atoms with Crippen molar-refractivity contribution in [3.05, 3.63) is 30.3 Å². The minimum absolute atomic E-state index is 0.102. The van der Waals surface area contributed by atoms with Crippen LogP contribution in [0.1, 0.15) is 12.8 Å². The summed E-state index contributed by atoms with van der Waals surface area (Å²) in [5.41, 5.74) is 0. The van der Waals surface area contributed by atoms with Crippen LogP contribution in [0.15, 0.2) is 30.3 Å². The zero-order chi connectivity index (χ0) is 50.4. The van der Waals surface area contributed by atoms with E-state index in [2.05, 4.69) is 0 Å². The van der Waals surface area contributed by atoms with Crippen molar-refractivity contribution >= 4 is 17.8 Å². The Bertz CT molecular complexity index is 1660. The van der Waals surface area contributed by atoms with Gasteiger partial charge in [0, 0.05) is 0 Å². The van der Waals surface area contributed by atoms with Gasteiger partial charge in [-0.15, -0.1) is 0 Å². The number of benzene rings is 1. The van der Waals surface area contributed by atoms with Gasteiger partial charge in [-0.1, -0.05) is 0 Å². The number of hydrogen-bond acceptors (Lipinski definition) is 1. The first-order valence-corrected chi connectivity index (χ1v) is 18.9. The molecule has 0 aromatic heterocycles. The molecule has 0 radical (unpaired) electrons. The summed E-state index contributed by atoms with van der Waals surface area (Å²) >= 11 is -7.14. The number of hydrogen-bond donors (Lipinski definition) is 0. The molecular weight excluding hydrogens is 1050 g/mol. The third-order valence-corrected chi connectivity index (χ3v) is 14.9. The molecule has 1 aromatic carbocycles. The molecule has 0 spiro atoms. The summed E-state index contributed by atoms with van der Waals surface area (Å²) in [7, 11) is 0. The van der Waals surface area contributed by atoms with Crippen LogP contribution < -0.4 is 4.35 Å². The quantitative estimate of drug-likeness (QED) is 0.0997. The third kappa shape index (κ3) is 7.90. The average Bonchev–Trinajstić information content (AvgIpc) is 3.08. The number of alkyl halides is 34. The van der Waals surface area contributed by atoms with Crippen molar-refractivity contribution in [2.45, 2.75) is 119 Å². The van der Waals surface area contributed by atoms with E-state index in [1.807, 2.05) is 0 Å². The topological polar surface area (TPSA) is 17.1 Å². The molecule has 0 amide bonds. The van der Waals surface area contributed by atoms with E-state index in [1.165, 1.54) is 0 Å². The normalized spacial score (nSPS) is 16.5. The second kappa shape index (κ2) is 15.4. The van der Waals surface area contributed by atoms with Gasteiger partial charge in [-0.25, -0.2) is 0 Å². The molecule has 1 nitrogen and oxygen atoms in total. The molecule has 0 saturated carbocycles. The van der Waals surface area contributed by atoms with E-state index in [0.717, 1.165) is 0 Å². The molecule has 0 saturated heterocycles. The van der Waals surface area contributed by atoms with E-state index in [1.54, 1.807) is 0 Å². The van der Waals surface area contributed by atoms with Gasteiger partial charge in [0.1, 0.15) is 0 Å². The zero-order valence-electron chi connectivity index (χ0n) is 27.9. The van der Waals surface area contributed by atoms with Gasteiger partial charge >= 0.3 is 320 Å². The fraction of sp³-hybridized carbons (Fsp3) is 0.769. The monoisotopic (exact) mass is 1060 g/mol. The minimum atomic E-state index is -9.18. The number of halogens is 34. The molecule has 0 bridgehead atoms. The van der Waals surface area contributed by atoms with E-state index in [0.29, 0.717) is 18.2 Å². The molecule has 0 heterocycles. The summed E-state index contributed by atoms with van der Waals surface area (Å²) in [5.74, 6) is -122. The Labute approximate surface area is 320 Å². The third-order valence-electron chi connectivity index (χ3n) is 8.37. The molecule has 1 aromatic rings. The number of rotatable bonds is 19. The van der Waals surface area contributed by atoms with E-state index in [-0.39, 0.29) is 12.1 Å². The van der Waals surface area contributed by atoms with Crippen molar-refractivity contribution in [2.75, 3.05) is 0 Å². The molecule has 0 unspecified atom stereocenters. The molecule has 366 valence electrons. The van der Waals surface area contributed by atoms with Crippen molar-refractivity contribution in [2.24, 2.45) is 0 Å². The predicted molar refractivity (Wildman–Crippen MR) is 133 cm³/mol. The summed E-state index contributed by atoms with van der Waals surface area (Å²) in [6.45, 7) is 0. The van der Waals surface area contributed by atoms with Crippen LogP contribution in [0.4, 0.5) is 149 Å². The zero-order valence-corrected chi connectivity index (χ0v) is 29.8. The standard InChI is InChI=1S/C26H13AsF34O/c28-11(29,13(32,33)15(36,37)17(40,41)19(44,45)21(48,49)23(52,53)25(56,57)58)6-8-27(62,10-4-2-1-3-5-10)9-7-12(30,31)14(34,35)16(38,39)18(42,43)20(46,47)22(50,51)24(54,55)26(59,60)61/h1-5H,6-9H2. The van der Waals surface area contributed by atoms with E-state index < -0.39 is 136 Å². The fourth-order valence-corrected chi connectivity index (χ4v) is 10.2. The van der Waals surface area contributed by atoms with Crippen LogP contribution >= 0.6 is 0 Å². The van der Waals surface area contributed by atoms with Gasteiger partial charge in [0.25, 0.3) is 0 Å². The van der Waals surface area contributed by atoms with Gasteiger partial charge < -0.3 is 0 Å². The van der Waals surface area contributed by atoms with Crippen molar-refractivity contribution in [1.82, 2.24) is 0 Å². The Morgan fingerprint density at radius 2 is 0.484 bits per heavy atom. The Hall–Kier alpha value is -2.80. The average molecular weight is 1060 g/mol. The van der Waals surface area contributed by atoms with Crippen LogP contribution in [-0.2, 0) is 3.74 Å². The van der Waals surface area contributed by atoms with Gasteiger partial charge in [0.05, 0.1) is 0 Å². The SMILES string of the molecule is O=[As](CCC(F)(F)C(F)(F)C(F)(F)C(F)(F)C(F)(F)C(F)(F)C(F)(F)C(F)(F)F)(CCC(F)(F)C(F)(F)C(F)(F)C(F)(F)C(F)(F)C(F)(F)C(F)(F)C(F)(F)F)c1ccccc1. The van der Waals surface area contributed by atoms with Crippen molar-refractivity contribution in [3.63, 3.8) is 0 Å². The summed E-state index contributed by atoms with van der Waals surface area (Å²) in [6, 6.07) is 1.72. The van der Waals surface area contributed by atoms with Crippen LogP contribution in [-0.4, -0.2) is 109 Å². The Kier molecular flexibility index (Phi) is 14.2. The van der Waals surface area contributed by atoms with Gasteiger partial charge in [-0.05, 0) is 0 Å². The first-order valence-electron chi connectivity index (χ1n) is 14.6. The van der Waals surface area contributed by atoms with Crippen LogP contribution in [0.5, 0.6) is 0 Å². The first-order chi connectivity index (χ1) is 26.5. The molecule has 0 aliphatic rings. The second-order valence-electron chi connectivity index (χ2n) is 12.5. The Balaban J connectivity index is 3.80.